The zero-order valence-electron chi connectivity index (χ0n) is 14.3. The number of hydrogen-bond donors (Lipinski definition) is 1. The highest BCUT2D eigenvalue weighted by Gasteiger charge is 2.27. The summed E-state index contributed by atoms with van der Waals surface area (Å²) in [6.07, 6.45) is 7.13. The normalized spacial score (nSPS) is 21.0. The monoisotopic (exact) mass is 340 g/mol. The molecule has 25 heavy (non-hydrogen) atoms. The summed E-state index contributed by atoms with van der Waals surface area (Å²) in [6.45, 7) is 4.55. The van der Waals surface area contributed by atoms with Gasteiger partial charge in [0.05, 0.1) is 5.69 Å². The van der Waals surface area contributed by atoms with E-state index in [0.29, 0.717) is 6.54 Å². The third-order valence-corrected chi connectivity index (χ3v) is 4.92. The van der Waals surface area contributed by atoms with Gasteiger partial charge in [-0.05, 0) is 43.5 Å². The fourth-order valence-corrected chi connectivity index (χ4v) is 3.62. The molecule has 2 aromatic rings. The van der Waals surface area contributed by atoms with Crippen molar-refractivity contribution in [3.05, 3.63) is 42.4 Å². The molecule has 6 heteroatoms. The van der Waals surface area contributed by atoms with Gasteiger partial charge in [0.2, 0.25) is 0 Å². The predicted octanol–water partition coefficient (Wildman–Crippen LogP) is 2.44. The lowest BCUT2D eigenvalue weighted by Gasteiger charge is -2.22. The Morgan fingerprint density at radius 1 is 1.08 bits per heavy atom. The molecule has 0 saturated carbocycles. The molecule has 2 aliphatic heterocycles. The summed E-state index contributed by atoms with van der Waals surface area (Å²) < 4.78 is 6.29. The molecule has 6 nitrogen and oxygen atoms in total. The van der Waals surface area contributed by atoms with E-state index in [9.17, 15) is 5.11 Å². The van der Waals surface area contributed by atoms with Crippen LogP contribution in [0.15, 0.2) is 36.7 Å². The van der Waals surface area contributed by atoms with Crippen LogP contribution in [0.3, 0.4) is 0 Å². The molecular weight excluding hydrogens is 316 g/mol. The molecule has 1 atom stereocenters. The van der Waals surface area contributed by atoms with E-state index in [0.717, 1.165) is 49.9 Å². The largest absolute Gasteiger partial charge is 0.506 e. The van der Waals surface area contributed by atoms with Crippen LogP contribution in [0.5, 0.6) is 11.5 Å². The van der Waals surface area contributed by atoms with Gasteiger partial charge < -0.3 is 14.7 Å². The van der Waals surface area contributed by atoms with Crippen molar-refractivity contribution in [2.75, 3.05) is 31.1 Å². The second-order valence-corrected chi connectivity index (χ2v) is 6.75. The number of aromatic hydroxyl groups is 1. The summed E-state index contributed by atoms with van der Waals surface area (Å²) in [7, 11) is 0. The van der Waals surface area contributed by atoms with Gasteiger partial charge in [-0.1, -0.05) is 0 Å². The maximum Gasteiger partial charge on any atom is 0.171 e. The van der Waals surface area contributed by atoms with Crippen LogP contribution in [0.1, 0.15) is 25.0 Å². The lowest BCUT2D eigenvalue weighted by atomic mass is 10.3. The lowest BCUT2D eigenvalue weighted by molar-refractivity contribution is 0.197. The Kier molecular flexibility index (Phi) is 4.70. The third-order valence-electron chi connectivity index (χ3n) is 4.92. The highest BCUT2D eigenvalue weighted by Crippen LogP contribution is 2.30. The Bertz CT molecular complexity index is 718. The molecule has 0 unspecified atom stereocenters. The molecule has 2 saturated heterocycles. The molecule has 2 aliphatic rings. The zero-order valence-corrected chi connectivity index (χ0v) is 14.3. The van der Waals surface area contributed by atoms with Crippen molar-refractivity contribution in [1.82, 2.24) is 14.9 Å². The molecule has 0 radical (unpaired) electrons. The minimum atomic E-state index is 0.149. The Morgan fingerprint density at radius 2 is 1.88 bits per heavy atom. The molecule has 0 amide bonds. The van der Waals surface area contributed by atoms with Crippen LogP contribution in [-0.4, -0.2) is 52.3 Å². The lowest BCUT2D eigenvalue weighted by Crippen LogP contribution is -2.26. The van der Waals surface area contributed by atoms with Gasteiger partial charge in [-0.15, -0.1) is 0 Å². The number of anilines is 1. The van der Waals surface area contributed by atoms with Crippen LogP contribution in [-0.2, 0) is 6.54 Å². The van der Waals surface area contributed by atoms with Gasteiger partial charge in [-0.2, -0.15) is 0 Å². The molecule has 0 spiro atoms. The summed E-state index contributed by atoms with van der Waals surface area (Å²) in [4.78, 5) is 13.4. The first-order valence-electron chi connectivity index (χ1n) is 9.01. The van der Waals surface area contributed by atoms with Crippen LogP contribution >= 0.6 is 0 Å². The first-order valence-corrected chi connectivity index (χ1v) is 9.01. The van der Waals surface area contributed by atoms with Crippen LogP contribution in [0, 0.1) is 0 Å². The summed E-state index contributed by atoms with van der Waals surface area (Å²) in [5.74, 6) is 2.12. The van der Waals surface area contributed by atoms with Crippen molar-refractivity contribution in [2.45, 2.75) is 31.9 Å². The number of aromatic nitrogens is 2. The van der Waals surface area contributed by atoms with Gasteiger partial charge in [-0.25, -0.2) is 4.98 Å². The highest BCUT2D eigenvalue weighted by molar-refractivity contribution is 5.52. The molecular formula is C19H24N4O2. The molecule has 1 N–H and O–H groups in total. The van der Waals surface area contributed by atoms with E-state index in [1.165, 1.54) is 12.8 Å². The van der Waals surface area contributed by atoms with E-state index in [1.54, 1.807) is 18.3 Å². The molecule has 2 fully saturated rings. The van der Waals surface area contributed by atoms with Gasteiger partial charge >= 0.3 is 0 Å². The second kappa shape index (κ2) is 7.27. The van der Waals surface area contributed by atoms with Crippen molar-refractivity contribution in [1.29, 1.82) is 0 Å². The smallest absolute Gasteiger partial charge is 0.171 e. The Morgan fingerprint density at radius 3 is 2.72 bits per heavy atom. The standard InChI is InChI=1S/C19H24N4O2/c24-17-5-3-8-20-16(17)14-22-12-7-15(13-22)25-18-6-4-9-21-19(18)23-10-1-2-11-23/h3-6,8-9,15,24H,1-2,7,10-14H2/t15-/m1/s1. The minimum Gasteiger partial charge on any atom is -0.506 e. The van der Waals surface area contributed by atoms with E-state index in [4.69, 9.17) is 4.74 Å². The maximum absolute atomic E-state index is 9.90. The van der Waals surface area contributed by atoms with Crippen LogP contribution in [0.25, 0.3) is 0 Å². The number of hydrogen-bond acceptors (Lipinski definition) is 6. The molecule has 0 aliphatic carbocycles. The summed E-state index contributed by atoms with van der Waals surface area (Å²) in [5.41, 5.74) is 0.724. The average molecular weight is 340 g/mol. The van der Waals surface area contributed by atoms with Gasteiger partial charge in [0.15, 0.2) is 11.6 Å². The van der Waals surface area contributed by atoms with Crippen LogP contribution in [0.4, 0.5) is 5.82 Å². The van der Waals surface area contributed by atoms with Gasteiger partial charge in [0.1, 0.15) is 11.9 Å². The Labute approximate surface area is 148 Å². The number of likely N-dealkylation sites (tertiary alicyclic amines) is 1. The van der Waals surface area contributed by atoms with E-state index in [-0.39, 0.29) is 11.9 Å². The minimum absolute atomic E-state index is 0.149. The van der Waals surface area contributed by atoms with Crippen molar-refractivity contribution in [3.63, 3.8) is 0 Å². The third kappa shape index (κ3) is 3.69. The first kappa shape index (κ1) is 16.1. The number of pyridine rings is 2. The molecule has 2 aromatic heterocycles. The Balaban J connectivity index is 1.39. The molecule has 4 rings (SSSR count). The first-order chi connectivity index (χ1) is 12.3. The Hall–Kier alpha value is -2.34. The second-order valence-electron chi connectivity index (χ2n) is 6.75. The van der Waals surface area contributed by atoms with Crippen molar-refractivity contribution >= 4 is 5.82 Å². The fourth-order valence-electron chi connectivity index (χ4n) is 3.62. The average Bonchev–Trinajstić information content (AvgIpc) is 3.30. The number of rotatable bonds is 5. The molecule has 0 bridgehead atoms. The summed E-state index contributed by atoms with van der Waals surface area (Å²) >= 11 is 0. The maximum atomic E-state index is 9.90. The predicted molar refractivity (Wildman–Crippen MR) is 95.9 cm³/mol. The zero-order chi connectivity index (χ0) is 17.1. The summed E-state index contributed by atoms with van der Waals surface area (Å²) in [6, 6.07) is 7.39. The molecule has 4 heterocycles. The summed E-state index contributed by atoms with van der Waals surface area (Å²) in [5, 5.41) is 9.90. The van der Waals surface area contributed by atoms with Gasteiger partial charge in [-0.3, -0.25) is 9.88 Å². The molecule has 0 aromatic carbocycles. The quantitative estimate of drug-likeness (QED) is 0.902. The van der Waals surface area contributed by atoms with Crippen molar-refractivity contribution in [3.8, 4) is 11.5 Å². The van der Waals surface area contributed by atoms with Gasteiger partial charge in [0, 0.05) is 45.1 Å². The topological polar surface area (TPSA) is 61.7 Å². The van der Waals surface area contributed by atoms with E-state index in [1.807, 2.05) is 18.3 Å². The van der Waals surface area contributed by atoms with Crippen LogP contribution < -0.4 is 9.64 Å². The SMILES string of the molecule is Oc1cccnc1CN1CC[C@@H](Oc2cccnc2N2CCCC2)C1. The number of nitrogens with zero attached hydrogens (tertiary/aromatic N) is 4. The molecule has 132 valence electrons. The van der Waals surface area contributed by atoms with Crippen LogP contribution in [0.2, 0.25) is 0 Å². The van der Waals surface area contributed by atoms with Crippen molar-refractivity contribution in [2.24, 2.45) is 0 Å². The van der Waals surface area contributed by atoms with Crippen molar-refractivity contribution < 1.29 is 9.84 Å². The van der Waals surface area contributed by atoms with E-state index >= 15 is 0 Å². The van der Waals surface area contributed by atoms with Gasteiger partial charge in [0.25, 0.3) is 0 Å². The highest BCUT2D eigenvalue weighted by atomic mass is 16.5. The fraction of sp³-hybridized carbons (Fsp3) is 0.474. The number of ether oxygens (including phenoxy) is 1. The van der Waals surface area contributed by atoms with E-state index in [2.05, 4.69) is 19.8 Å². The van der Waals surface area contributed by atoms with E-state index < -0.39 is 0 Å².